The molecule has 0 spiro atoms. The van der Waals surface area contributed by atoms with Crippen LogP contribution in [0.25, 0.3) is 0 Å². The van der Waals surface area contributed by atoms with Crippen molar-refractivity contribution in [2.75, 3.05) is 26.4 Å². The maximum atomic E-state index is 14.4. The fraction of sp³-hybridized carbons (Fsp3) is 0.873. The molecule has 1 aromatic heterocycles. The lowest BCUT2D eigenvalue weighted by molar-refractivity contribution is -0.351. The zero-order chi connectivity index (χ0) is 51.9. The van der Waals surface area contributed by atoms with Crippen LogP contribution in [0.3, 0.4) is 0 Å². The van der Waals surface area contributed by atoms with Crippen molar-refractivity contribution < 1.29 is 65.0 Å². The van der Waals surface area contributed by atoms with Crippen LogP contribution in [-0.4, -0.2) is 143 Å². The fourth-order valence-corrected chi connectivity index (χ4v) is 18.8. The number of allylic oxidation sites excluding steroid dienone is 2. The van der Waals surface area contributed by atoms with Gasteiger partial charge in [-0.25, -0.2) is 4.98 Å². The number of carbonyl (C=O) groups is 2. The van der Waals surface area contributed by atoms with Gasteiger partial charge in [-0.1, -0.05) is 72.0 Å². The number of nitrogens with zero attached hydrogens (tertiary/aromatic N) is 1. The van der Waals surface area contributed by atoms with Crippen molar-refractivity contribution in [3.63, 3.8) is 0 Å². The summed E-state index contributed by atoms with van der Waals surface area (Å²) in [5.74, 6) is -4.23. The third-order valence-electron chi connectivity index (χ3n) is 22.6. The number of hydrogen-bond acceptors (Lipinski definition) is 14. The number of aromatic amines is 1. The minimum absolute atomic E-state index is 0.00538. The molecule has 406 valence electrons. The summed E-state index contributed by atoms with van der Waals surface area (Å²) in [7, 11) is 0. The summed E-state index contributed by atoms with van der Waals surface area (Å²) in [5.41, 5.74) is 3.62. The first-order valence-electron chi connectivity index (χ1n) is 27.6. The van der Waals surface area contributed by atoms with Gasteiger partial charge < -0.3 is 71.5 Å². The van der Waals surface area contributed by atoms with Crippen molar-refractivity contribution >= 4 is 11.9 Å². The highest BCUT2D eigenvalue weighted by Gasteiger charge is 2.77. The SMILES string of the molecule is CC[C@@H]1C[C@@]2(C(=O)O)CC[C@](C)(CO)C[C@H]2C2=CC[C@@H]3[C@]4(C5CCCCC5)[C@H](CC[C@@]3(C)[C@@]21C)[C@](C)(CO)[C@H](O[C@@H]1OC[C@@H](O)[C@H](O)[C@H]1O)[C@H](O)[C@@H]4C[C@H]1[C@@H]([C@H](CC[C@@H](N)O)c2cnc[nH]2)NC(=O)[C@@H]1CO. The largest absolute Gasteiger partial charge is 0.481 e. The molecule has 0 aromatic carbocycles. The summed E-state index contributed by atoms with van der Waals surface area (Å²) in [4.78, 5) is 35.8. The third kappa shape index (κ3) is 8.13. The van der Waals surface area contributed by atoms with Gasteiger partial charge in [-0.2, -0.15) is 0 Å². The summed E-state index contributed by atoms with van der Waals surface area (Å²) in [6.45, 7) is 9.90. The number of carboxylic acid groups (broad SMARTS) is 1. The molecule has 17 nitrogen and oxygen atoms in total. The zero-order valence-electron chi connectivity index (χ0n) is 43.4. The maximum Gasteiger partial charge on any atom is 0.310 e. The molecule has 72 heavy (non-hydrogen) atoms. The van der Waals surface area contributed by atoms with Gasteiger partial charge in [0.1, 0.15) is 24.5 Å². The van der Waals surface area contributed by atoms with Crippen LogP contribution in [0.15, 0.2) is 24.2 Å². The molecular formula is C55H88N4O13. The lowest BCUT2D eigenvalue weighted by Gasteiger charge is -2.77. The Morgan fingerprint density at radius 3 is 2.31 bits per heavy atom. The number of carbonyl (C=O) groups excluding carboxylic acids is 1. The molecule has 6 aliphatic carbocycles. The van der Waals surface area contributed by atoms with Crippen LogP contribution in [0.1, 0.15) is 149 Å². The van der Waals surface area contributed by atoms with Crippen LogP contribution in [-0.2, 0) is 19.1 Å². The number of amides is 1. The first-order valence-corrected chi connectivity index (χ1v) is 27.6. The van der Waals surface area contributed by atoms with Crippen molar-refractivity contribution in [1.29, 1.82) is 0 Å². The molecule has 8 aliphatic rings. The number of aliphatic hydroxyl groups excluding tert-OH is 8. The van der Waals surface area contributed by atoms with E-state index in [0.29, 0.717) is 44.9 Å². The van der Waals surface area contributed by atoms with E-state index in [4.69, 9.17) is 15.2 Å². The number of ether oxygens (including phenoxy) is 2. The number of aromatic nitrogens is 2. The summed E-state index contributed by atoms with van der Waals surface area (Å²) in [6.07, 6.45) is 6.48. The quantitative estimate of drug-likeness (QED) is 0.0678. The number of aliphatic hydroxyl groups is 8. The zero-order valence-corrected chi connectivity index (χ0v) is 43.4. The number of aliphatic carboxylic acids is 1. The molecular weight excluding hydrogens is 925 g/mol. The highest BCUT2D eigenvalue weighted by Crippen LogP contribution is 2.80. The van der Waals surface area contributed by atoms with E-state index >= 15 is 0 Å². The lowest BCUT2D eigenvalue weighted by Crippen LogP contribution is -2.75. The van der Waals surface area contributed by atoms with Crippen LogP contribution < -0.4 is 11.1 Å². The van der Waals surface area contributed by atoms with E-state index < -0.39 is 118 Å². The summed E-state index contributed by atoms with van der Waals surface area (Å²) >= 11 is 0. The number of imidazole rings is 1. The van der Waals surface area contributed by atoms with Gasteiger partial charge in [0.2, 0.25) is 5.91 Å². The standard InChI is InChI=1S/C55H88N4O13/c1-6-29-21-54(49(69)70)19-18-50(2,26-61)22-36(54)34-13-14-40-52(4,53(29,34)5)17-16-39-51(3,27-62)46(72-48-45(67)44(66)38(63)25-71-48)43(65)35(55(39,40)30-10-8-7-9-11-30)20-32-33(24-60)47(68)59-42(32)31(12-15-41(56)64)37-23-57-28-58-37/h13,23,28-33,35-36,38-46,48,60-67H,6-12,14-22,24-27,56H2,1-5H3,(H,57,58)(H,59,68)(H,69,70)/t29-,31-,32-,33-,35+,36+,38-,39-,40+,41+,42-,43-,44+,45-,46-,48+,50+,51+,52-,53-,54+,55+/m1/s1. The van der Waals surface area contributed by atoms with Crippen LogP contribution in [0.4, 0.5) is 0 Å². The Labute approximate surface area is 425 Å². The highest BCUT2D eigenvalue weighted by molar-refractivity contribution is 5.82. The van der Waals surface area contributed by atoms with E-state index in [2.05, 4.69) is 49.1 Å². The average Bonchev–Trinajstić information content (AvgIpc) is 4.01. The predicted molar refractivity (Wildman–Crippen MR) is 264 cm³/mol. The number of fused-ring (bicyclic) bond motifs is 7. The first-order chi connectivity index (χ1) is 34.2. The first kappa shape index (κ1) is 54.2. The maximum absolute atomic E-state index is 14.4. The number of nitrogens with two attached hydrogens (primary N) is 1. The normalized spacial score (nSPS) is 48.3. The van der Waals surface area contributed by atoms with E-state index in [1.807, 2.05) is 6.92 Å². The minimum Gasteiger partial charge on any atom is -0.481 e. The molecule has 0 radical (unpaired) electrons. The number of hydrogen-bond donors (Lipinski definition) is 12. The van der Waals surface area contributed by atoms with Crippen molar-refractivity contribution in [1.82, 2.24) is 15.3 Å². The van der Waals surface area contributed by atoms with E-state index in [1.165, 1.54) is 5.57 Å². The van der Waals surface area contributed by atoms with Gasteiger partial charge in [0.25, 0.3) is 0 Å². The molecule has 0 bridgehead atoms. The molecule has 9 rings (SSSR count). The number of rotatable bonds is 15. The van der Waals surface area contributed by atoms with Gasteiger partial charge >= 0.3 is 5.97 Å². The van der Waals surface area contributed by atoms with Crippen molar-refractivity contribution in [2.45, 2.75) is 192 Å². The van der Waals surface area contributed by atoms with E-state index in [0.717, 1.165) is 50.6 Å². The van der Waals surface area contributed by atoms with Gasteiger partial charge in [-0.05, 0) is 140 Å². The Balaban J connectivity index is 1.26. The molecule has 1 amide bonds. The van der Waals surface area contributed by atoms with Crippen molar-refractivity contribution in [2.24, 2.45) is 85.6 Å². The molecule has 13 N–H and O–H groups in total. The third-order valence-corrected chi connectivity index (χ3v) is 22.6. The van der Waals surface area contributed by atoms with Gasteiger partial charge in [-0.15, -0.1) is 0 Å². The van der Waals surface area contributed by atoms with Gasteiger partial charge in [0.15, 0.2) is 6.29 Å². The molecule has 17 heteroatoms. The molecule has 3 heterocycles. The van der Waals surface area contributed by atoms with Crippen molar-refractivity contribution in [3.05, 3.63) is 29.9 Å². The van der Waals surface area contributed by atoms with Crippen molar-refractivity contribution in [3.8, 4) is 0 Å². The Kier molecular flexibility index (Phi) is 15.1. The Morgan fingerprint density at radius 2 is 1.68 bits per heavy atom. The average molecular weight is 1010 g/mol. The Bertz CT molecular complexity index is 2120. The molecule has 7 fully saturated rings. The monoisotopic (exact) mass is 1010 g/mol. The van der Waals surface area contributed by atoms with Crippen LogP contribution in [0, 0.1) is 79.8 Å². The van der Waals surface area contributed by atoms with Gasteiger partial charge in [0, 0.05) is 35.9 Å². The van der Waals surface area contributed by atoms with Gasteiger partial charge in [0.05, 0.1) is 49.7 Å². The van der Waals surface area contributed by atoms with E-state index in [9.17, 15) is 55.5 Å². The molecule has 5 saturated carbocycles. The summed E-state index contributed by atoms with van der Waals surface area (Å²) in [6, 6.07) is -0.585. The summed E-state index contributed by atoms with van der Waals surface area (Å²) < 4.78 is 12.7. The van der Waals surface area contributed by atoms with Crippen LogP contribution in [0.5, 0.6) is 0 Å². The minimum atomic E-state index is -1.67. The molecule has 1 aromatic rings. The predicted octanol–water partition coefficient (Wildman–Crippen LogP) is 3.71. The van der Waals surface area contributed by atoms with E-state index in [1.54, 1.807) is 12.5 Å². The topological polar surface area (TPSA) is 301 Å². The Morgan fingerprint density at radius 1 is 0.944 bits per heavy atom. The highest BCUT2D eigenvalue weighted by atomic mass is 16.7. The smallest absolute Gasteiger partial charge is 0.310 e. The van der Waals surface area contributed by atoms with Crippen LogP contribution >= 0.6 is 0 Å². The fourth-order valence-electron chi connectivity index (χ4n) is 18.8. The van der Waals surface area contributed by atoms with Gasteiger partial charge in [-0.3, -0.25) is 9.59 Å². The molecule has 22 atom stereocenters. The van der Waals surface area contributed by atoms with Crippen LogP contribution in [0.2, 0.25) is 0 Å². The molecule has 2 saturated heterocycles. The summed E-state index contributed by atoms with van der Waals surface area (Å²) in [5, 5.41) is 106. The number of H-pyrrole nitrogens is 1. The second-order valence-corrected chi connectivity index (χ2v) is 25.5. The van der Waals surface area contributed by atoms with E-state index in [-0.39, 0.29) is 68.2 Å². The molecule has 2 aliphatic heterocycles. The number of carboxylic acids is 1. The number of nitrogens with one attached hydrogen (secondary N) is 2. The second-order valence-electron chi connectivity index (χ2n) is 25.5. The Hall–Kier alpha value is -2.55. The lowest BCUT2D eigenvalue weighted by atomic mass is 9.28. The second kappa shape index (κ2) is 20.1. The molecule has 0 unspecified atom stereocenters.